The Kier molecular flexibility index (Phi) is 3.96. The van der Waals surface area contributed by atoms with Crippen molar-refractivity contribution in [1.82, 2.24) is 9.88 Å². The van der Waals surface area contributed by atoms with Crippen molar-refractivity contribution in [3.8, 4) is 5.75 Å². The van der Waals surface area contributed by atoms with Gasteiger partial charge in [0.1, 0.15) is 5.75 Å². The molecule has 4 nitrogen and oxygen atoms in total. The molecule has 1 aromatic heterocycles. The number of ether oxygens (including phenoxy) is 1. The monoisotopic (exact) mass is 334 g/mol. The maximum absolute atomic E-state index is 12.7. The molecule has 25 heavy (non-hydrogen) atoms. The van der Waals surface area contributed by atoms with Gasteiger partial charge in [-0.25, -0.2) is 0 Å². The highest BCUT2D eigenvalue weighted by Gasteiger charge is 2.25. The zero-order valence-corrected chi connectivity index (χ0v) is 14.6. The molecule has 3 aromatic rings. The number of methoxy groups -OCH3 is 1. The van der Waals surface area contributed by atoms with E-state index in [-0.39, 0.29) is 5.91 Å². The summed E-state index contributed by atoms with van der Waals surface area (Å²) in [4.78, 5) is 17.9. The zero-order valence-electron chi connectivity index (χ0n) is 14.6. The van der Waals surface area contributed by atoms with Gasteiger partial charge in [0, 0.05) is 42.2 Å². The summed E-state index contributed by atoms with van der Waals surface area (Å²) < 4.78 is 5.42. The predicted octanol–water partition coefficient (Wildman–Crippen LogP) is 3.96. The van der Waals surface area contributed by atoms with Crippen molar-refractivity contribution in [3.63, 3.8) is 0 Å². The summed E-state index contributed by atoms with van der Waals surface area (Å²) >= 11 is 0. The van der Waals surface area contributed by atoms with E-state index < -0.39 is 0 Å². The molecule has 1 N–H and O–H groups in total. The van der Waals surface area contributed by atoms with Crippen LogP contribution in [-0.4, -0.2) is 22.9 Å². The standard InChI is InChI=1S/C21H22N2O2/c1-14-6-8-17-15(11-22-19(17)10-14)7-9-21(24)23-12-16-4-3-5-20(25-2)18(16)13-23/h3-6,8,10-11,22H,7,9,12-13H2,1-2H3. The Hall–Kier alpha value is -2.75. The average Bonchev–Trinajstić information content (AvgIpc) is 3.22. The van der Waals surface area contributed by atoms with Gasteiger partial charge in [-0.1, -0.05) is 24.3 Å². The minimum atomic E-state index is 0.194. The van der Waals surface area contributed by atoms with Gasteiger partial charge >= 0.3 is 0 Å². The van der Waals surface area contributed by atoms with Gasteiger partial charge in [0.15, 0.2) is 0 Å². The molecule has 0 saturated carbocycles. The van der Waals surface area contributed by atoms with E-state index in [0.29, 0.717) is 19.5 Å². The van der Waals surface area contributed by atoms with E-state index in [1.807, 2.05) is 23.2 Å². The number of aryl methyl sites for hydroxylation is 2. The van der Waals surface area contributed by atoms with Crippen LogP contribution in [0.2, 0.25) is 0 Å². The maximum atomic E-state index is 12.7. The highest BCUT2D eigenvalue weighted by atomic mass is 16.5. The SMILES string of the molecule is COc1cccc2c1CN(C(=O)CCc1c[nH]c3cc(C)ccc13)C2. The fourth-order valence-corrected chi connectivity index (χ4v) is 3.67. The molecule has 128 valence electrons. The first-order valence-corrected chi connectivity index (χ1v) is 8.65. The quantitative estimate of drug-likeness (QED) is 0.785. The first-order valence-electron chi connectivity index (χ1n) is 8.65. The second-order valence-corrected chi connectivity index (χ2v) is 6.71. The highest BCUT2D eigenvalue weighted by Crippen LogP contribution is 2.31. The Labute approximate surface area is 147 Å². The molecule has 1 amide bonds. The topological polar surface area (TPSA) is 45.3 Å². The summed E-state index contributed by atoms with van der Waals surface area (Å²) in [6, 6.07) is 12.4. The molecule has 0 bridgehead atoms. The smallest absolute Gasteiger partial charge is 0.223 e. The van der Waals surface area contributed by atoms with Crippen molar-refractivity contribution in [2.75, 3.05) is 7.11 Å². The second-order valence-electron chi connectivity index (χ2n) is 6.71. The molecule has 0 unspecified atom stereocenters. The number of hydrogen-bond donors (Lipinski definition) is 1. The fourth-order valence-electron chi connectivity index (χ4n) is 3.67. The maximum Gasteiger partial charge on any atom is 0.223 e. The number of benzene rings is 2. The van der Waals surface area contributed by atoms with Crippen LogP contribution >= 0.6 is 0 Å². The van der Waals surface area contributed by atoms with E-state index >= 15 is 0 Å². The van der Waals surface area contributed by atoms with Crippen molar-refractivity contribution in [2.45, 2.75) is 32.9 Å². The molecule has 0 radical (unpaired) electrons. The van der Waals surface area contributed by atoms with Crippen molar-refractivity contribution in [2.24, 2.45) is 0 Å². The van der Waals surface area contributed by atoms with Gasteiger partial charge in [-0.3, -0.25) is 4.79 Å². The van der Waals surface area contributed by atoms with Gasteiger partial charge in [-0.05, 0) is 42.2 Å². The van der Waals surface area contributed by atoms with Crippen LogP contribution in [0.5, 0.6) is 5.75 Å². The zero-order chi connectivity index (χ0) is 17.4. The van der Waals surface area contributed by atoms with Crippen LogP contribution in [-0.2, 0) is 24.3 Å². The molecule has 4 heteroatoms. The van der Waals surface area contributed by atoms with Crippen molar-refractivity contribution < 1.29 is 9.53 Å². The van der Waals surface area contributed by atoms with Crippen molar-refractivity contribution >= 4 is 16.8 Å². The van der Waals surface area contributed by atoms with Crippen LogP contribution in [0.4, 0.5) is 0 Å². The van der Waals surface area contributed by atoms with E-state index in [2.05, 4.69) is 36.2 Å². The number of carbonyl (C=O) groups excluding carboxylic acids is 1. The lowest BCUT2D eigenvalue weighted by molar-refractivity contribution is -0.131. The number of amides is 1. The predicted molar refractivity (Wildman–Crippen MR) is 98.6 cm³/mol. The molecule has 1 aliphatic heterocycles. The molecular formula is C21H22N2O2. The minimum Gasteiger partial charge on any atom is -0.496 e. The summed E-state index contributed by atoms with van der Waals surface area (Å²) in [5.74, 6) is 1.07. The number of carbonyl (C=O) groups is 1. The summed E-state index contributed by atoms with van der Waals surface area (Å²) in [6.45, 7) is 3.41. The number of aromatic amines is 1. The van der Waals surface area contributed by atoms with Crippen LogP contribution in [0.15, 0.2) is 42.6 Å². The van der Waals surface area contributed by atoms with Crippen LogP contribution in [0.3, 0.4) is 0 Å². The average molecular weight is 334 g/mol. The van der Waals surface area contributed by atoms with Gasteiger partial charge in [0.05, 0.1) is 7.11 Å². The van der Waals surface area contributed by atoms with E-state index in [4.69, 9.17) is 4.74 Å². The van der Waals surface area contributed by atoms with Gasteiger partial charge in [0.2, 0.25) is 5.91 Å². The van der Waals surface area contributed by atoms with Gasteiger partial charge in [0.25, 0.3) is 0 Å². The van der Waals surface area contributed by atoms with E-state index in [1.165, 1.54) is 22.1 Å². The lowest BCUT2D eigenvalue weighted by Gasteiger charge is -2.15. The third-order valence-corrected chi connectivity index (χ3v) is 5.04. The molecular weight excluding hydrogens is 312 g/mol. The van der Waals surface area contributed by atoms with Crippen LogP contribution < -0.4 is 4.74 Å². The number of nitrogens with zero attached hydrogens (tertiary/aromatic N) is 1. The Balaban J connectivity index is 1.44. The lowest BCUT2D eigenvalue weighted by Crippen LogP contribution is -2.25. The Bertz CT molecular complexity index is 942. The number of H-pyrrole nitrogens is 1. The highest BCUT2D eigenvalue weighted by molar-refractivity contribution is 5.85. The summed E-state index contributed by atoms with van der Waals surface area (Å²) in [5, 5.41) is 1.21. The van der Waals surface area contributed by atoms with Crippen LogP contribution in [0, 0.1) is 6.92 Å². The van der Waals surface area contributed by atoms with Crippen LogP contribution in [0.25, 0.3) is 10.9 Å². The summed E-state index contributed by atoms with van der Waals surface area (Å²) in [5.41, 5.74) is 5.91. The fraction of sp³-hybridized carbons (Fsp3) is 0.286. The van der Waals surface area contributed by atoms with E-state index in [9.17, 15) is 4.79 Å². The first-order chi connectivity index (χ1) is 12.2. The molecule has 2 aromatic carbocycles. The molecule has 0 atom stereocenters. The normalized spacial score (nSPS) is 13.3. The number of aromatic nitrogens is 1. The number of fused-ring (bicyclic) bond motifs is 2. The molecule has 1 aliphatic rings. The molecule has 0 spiro atoms. The molecule has 0 saturated heterocycles. The van der Waals surface area contributed by atoms with Gasteiger partial charge in [-0.2, -0.15) is 0 Å². The molecule has 2 heterocycles. The van der Waals surface area contributed by atoms with Gasteiger partial charge in [-0.15, -0.1) is 0 Å². The number of rotatable bonds is 4. The largest absolute Gasteiger partial charge is 0.496 e. The Morgan fingerprint density at radius 2 is 2.12 bits per heavy atom. The van der Waals surface area contributed by atoms with E-state index in [0.717, 1.165) is 23.3 Å². The Morgan fingerprint density at radius 3 is 2.96 bits per heavy atom. The first kappa shape index (κ1) is 15.8. The third kappa shape index (κ3) is 2.88. The molecule has 4 rings (SSSR count). The summed E-state index contributed by atoms with van der Waals surface area (Å²) in [7, 11) is 1.68. The second kappa shape index (κ2) is 6.28. The van der Waals surface area contributed by atoms with Crippen molar-refractivity contribution in [1.29, 1.82) is 0 Å². The molecule has 0 fully saturated rings. The van der Waals surface area contributed by atoms with Gasteiger partial charge < -0.3 is 14.6 Å². The number of hydrogen-bond acceptors (Lipinski definition) is 2. The van der Waals surface area contributed by atoms with E-state index in [1.54, 1.807) is 7.11 Å². The number of nitrogens with one attached hydrogen (secondary N) is 1. The Morgan fingerprint density at radius 1 is 1.24 bits per heavy atom. The third-order valence-electron chi connectivity index (χ3n) is 5.04. The molecule has 0 aliphatic carbocycles. The summed E-state index contributed by atoms with van der Waals surface area (Å²) in [6.07, 6.45) is 3.31. The lowest BCUT2D eigenvalue weighted by atomic mass is 10.1. The van der Waals surface area contributed by atoms with Crippen LogP contribution in [0.1, 0.15) is 28.7 Å². The minimum absolute atomic E-state index is 0.194. The van der Waals surface area contributed by atoms with Crippen molar-refractivity contribution in [3.05, 3.63) is 64.8 Å².